The number of aliphatic carboxylic acids is 1. The minimum absolute atomic E-state index is 0.0328. The lowest BCUT2D eigenvalue weighted by Crippen LogP contribution is -2.36. The van der Waals surface area contributed by atoms with Crippen LogP contribution in [0.5, 0.6) is 0 Å². The van der Waals surface area contributed by atoms with Crippen molar-refractivity contribution in [2.75, 3.05) is 13.1 Å². The Bertz CT molecular complexity index is 489. The Kier molecular flexibility index (Phi) is 4.37. The molecule has 1 aliphatic rings. The Morgan fingerprint density at radius 3 is 2.85 bits per heavy atom. The monoisotopic (exact) mass is 276 g/mol. The minimum Gasteiger partial charge on any atom is -0.481 e. The number of carboxylic acids is 1. The quantitative estimate of drug-likeness (QED) is 0.889. The number of likely N-dealkylation sites (tertiary alicyclic amines) is 1. The minimum atomic E-state index is -0.789. The molecule has 1 atom stereocenters. The molecule has 0 aliphatic carbocycles. The lowest BCUT2D eigenvalue weighted by atomic mass is 9.84. The molecule has 2 heterocycles. The zero-order valence-corrected chi connectivity index (χ0v) is 11.7. The van der Waals surface area contributed by atoms with E-state index in [1.165, 1.54) is 0 Å². The number of carboxylic acid groups (broad SMARTS) is 1. The molecule has 108 valence electrons. The predicted octanol–water partition coefficient (Wildman–Crippen LogP) is 1.73. The van der Waals surface area contributed by atoms with E-state index in [2.05, 4.69) is 4.98 Å². The molecule has 1 aromatic rings. The van der Waals surface area contributed by atoms with E-state index in [9.17, 15) is 14.7 Å². The topological polar surface area (TPSA) is 70.5 Å². The summed E-state index contributed by atoms with van der Waals surface area (Å²) in [5.74, 6) is -0.756. The summed E-state index contributed by atoms with van der Waals surface area (Å²) in [5, 5.41) is 9.32. The molecular weight excluding hydrogens is 256 g/mol. The van der Waals surface area contributed by atoms with Crippen LogP contribution in [0.25, 0.3) is 0 Å². The number of hydrogen-bond donors (Lipinski definition) is 1. The van der Waals surface area contributed by atoms with Crippen molar-refractivity contribution in [3.8, 4) is 0 Å². The van der Waals surface area contributed by atoms with Gasteiger partial charge in [0, 0.05) is 31.9 Å². The number of rotatable bonds is 5. The molecule has 1 N–H and O–H groups in total. The van der Waals surface area contributed by atoms with Crippen LogP contribution >= 0.6 is 0 Å². The first kappa shape index (κ1) is 14.5. The van der Waals surface area contributed by atoms with Crippen molar-refractivity contribution in [3.63, 3.8) is 0 Å². The summed E-state index contributed by atoms with van der Waals surface area (Å²) in [6.07, 6.45) is 5.63. The second-order valence-electron chi connectivity index (χ2n) is 5.37. The molecule has 20 heavy (non-hydrogen) atoms. The van der Waals surface area contributed by atoms with Gasteiger partial charge >= 0.3 is 5.97 Å². The van der Waals surface area contributed by atoms with Crippen LogP contribution in [0.4, 0.5) is 0 Å². The Morgan fingerprint density at radius 2 is 2.30 bits per heavy atom. The second kappa shape index (κ2) is 6.03. The van der Waals surface area contributed by atoms with E-state index in [0.29, 0.717) is 38.8 Å². The SMILES string of the molecule is CCC1(C(=O)O)CCN(C(=O)CCc2cccnc2)C1. The van der Waals surface area contributed by atoms with Gasteiger partial charge in [0.05, 0.1) is 5.41 Å². The summed E-state index contributed by atoms with van der Waals surface area (Å²) in [6, 6.07) is 3.79. The molecule has 2 rings (SSSR count). The van der Waals surface area contributed by atoms with Crippen molar-refractivity contribution in [1.82, 2.24) is 9.88 Å². The highest BCUT2D eigenvalue weighted by atomic mass is 16.4. The third-order valence-electron chi connectivity index (χ3n) is 4.19. The fraction of sp³-hybridized carbons (Fsp3) is 0.533. The van der Waals surface area contributed by atoms with Gasteiger partial charge in [0.15, 0.2) is 0 Å². The summed E-state index contributed by atoms with van der Waals surface area (Å²) < 4.78 is 0. The molecule has 5 nitrogen and oxygen atoms in total. The lowest BCUT2D eigenvalue weighted by molar-refractivity contribution is -0.148. The maximum Gasteiger partial charge on any atom is 0.311 e. The van der Waals surface area contributed by atoms with E-state index >= 15 is 0 Å². The standard InChI is InChI=1S/C15H20N2O3/c1-2-15(14(19)20)7-9-17(11-15)13(18)6-5-12-4-3-8-16-10-12/h3-4,8,10H,2,5-7,9,11H2,1H3,(H,19,20). The van der Waals surface area contributed by atoms with Gasteiger partial charge in [-0.15, -0.1) is 0 Å². The van der Waals surface area contributed by atoms with Gasteiger partial charge in [-0.05, 0) is 30.9 Å². The van der Waals surface area contributed by atoms with Gasteiger partial charge < -0.3 is 10.0 Å². The lowest BCUT2D eigenvalue weighted by Gasteiger charge is -2.23. The number of aromatic nitrogens is 1. The largest absolute Gasteiger partial charge is 0.481 e. The van der Waals surface area contributed by atoms with Gasteiger partial charge in [-0.2, -0.15) is 0 Å². The predicted molar refractivity (Wildman–Crippen MR) is 74.1 cm³/mol. The Balaban J connectivity index is 1.90. The molecular formula is C15H20N2O3. The summed E-state index contributed by atoms with van der Waals surface area (Å²) in [5.41, 5.74) is 0.282. The van der Waals surface area contributed by atoms with Gasteiger partial charge in [0.2, 0.25) is 5.91 Å². The number of nitrogens with zero attached hydrogens (tertiary/aromatic N) is 2. The number of pyridine rings is 1. The molecule has 0 radical (unpaired) electrons. The number of aryl methyl sites for hydroxylation is 1. The summed E-state index contributed by atoms with van der Waals surface area (Å²) >= 11 is 0. The van der Waals surface area contributed by atoms with E-state index in [1.54, 1.807) is 17.3 Å². The normalized spacial score (nSPS) is 21.9. The molecule has 1 aliphatic heterocycles. The molecule has 1 unspecified atom stereocenters. The van der Waals surface area contributed by atoms with E-state index < -0.39 is 11.4 Å². The number of amides is 1. The molecule has 1 amide bonds. The van der Waals surface area contributed by atoms with Crippen molar-refractivity contribution in [2.24, 2.45) is 5.41 Å². The first-order valence-corrected chi connectivity index (χ1v) is 6.97. The average molecular weight is 276 g/mol. The van der Waals surface area contributed by atoms with E-state index in [-0.39, 0.29) is 5.91 Å². The summed E-state index contributed by atoms with van der Waals surface area (Å²) in [4.78, 5) is 29.2. The van der Waals surface area contributed by atoms with Gasteiger partial charge in [0.25, 0.3) is 0 Å². The van der Waals surface area contributed by atoms with E-state index in [4.69, 9.17) is 0 Å². The number of hydrogen-bond acceptors (Lipinski definition) is 3. The van der Waals surface area contributed by atoms with Crippen LogP contribution in [0, 0.1) is 5.41 Å². The first-order valence-electron chi connectivity index (χ1n) is 6.97. The third-order valence-corrected chi connectivity index (χ3v) is 4.19. The first-order chi connectivity index (χ1) is 9.57. The Labute approximate surface area is 118 Å². The molecule has 1 aromatic heterocycles. The van der Waals surface area contributed by atoms with Crippen LogP contribution in [0.1, 0.15) is 31.7 Å². The molecule has 1 saturated heterocycles. The van der Waals surface area contributed by atoms with Gasteiger partial charge in [-0.3, -0.25) is 14.6 Å². The van der Waals surface area contributed by atoms with Gasteiger partial charge in [0.1, 0.15) is 0 Å². The molecule has 1 fully saturated rings. The highest BCUT2D eigenvalue weighted by Gasteiger charge is 2.44. The third kappa shape index (κ3) is 2.98. The second-order valence-corrected chi connectivity index (χ2v) is 5.37. The van der Waals surface area contributed by atoms with Gasteiger partial charge in [-0.25, -0.2) is 0 Å². The van der Waals surface area contributed by atoms with Crippen LogP contribution < -0.4 is 0 Å². The molecule has 0 spiro atoms. The summed E-state index contributed by atoms with van der Waals surface area (Å²) in [7, 11) is 0. The maximum atomic E-state index is 12.2. The Morgan fingerprint density at radius 1 is 1.50 bits per heavy atom. The number of carbonyl (C=O) groups excluding carboxylic acids is 1. The fourth-order valence-electron chi connectivity index (χ4n) is 2.66. The molecule has 0 saturated carbocycles. The van der Waals surface area contributed by atoms with Gasteiger partial charge in [-0.1, -0.05) is 13.0 Å². The van der Waals surface area contributed by atoms with Crippen molar-refractivity contribution in [1.29, 1.82) is 0 Å². The Hall–Kier alpha value is -1.91. The smallest absolute Gasteiger partial charge is 0.311 e. The summed E-state index contributed by atoms with van der Waals surface area (Å²) in [6.45, 7) is 2.76. The van der Waals surface area contributed by atoms with E-state index in [0.717, 1.165) is 5.56 Å². The highest BCUT2D eigenvalue weighted by molar-refractivity contribution is 5.80. The van der Waals surface area contributed by atoms with Crippen molar-refractivity contribution in [2.45, 2.75) is 32.6 Å². The maximum absolute atomic E-state index is 12.2. The molecule has 0 aromatic carbocycles. The van der Waals surface area contributed by atoms with Crippen LogP contribution in [0.2, 0.25) is 0 Å². The average Bonchev–Trinajstić information content (AvgIpc) is 2.92. The van der Waals surface area contributed by atoms with Crippen LogP contribution in [-0.4, -0.2) is 40.0 Å². The van der Waals surface area contributed by atoms with Crippen LogP contribution in [-0.2, 0) is 16.0 Å². The zero-order chi connectivity index (χ0) is 14.6. The van der Waals surface area contributed by atoms with Crippen LogP contribution in [0.15, 0.2) is 24.5 Å². The zero-order valence-electron chi connectivity index (χ0n) is 11.7. The fourth-order valence-corrected chi connectivity index (χ4v) is 2.66. The number of carbonyl (C=O) groups is 2. The molecule has 0 bridgehead atoms. The van der Waals surface area contributed by atoms with E-state index in [1.807, 2.05) is 19.1 Å². The van der Waals surface area contributed by atoms with Crippen molar-refractivity contribution < 1.29 is 14.7 Å². The van der Waals surface area contributed by atoms with Crippen LogP contribution in [0.3, 0.4) is 0 Å². The van der Waals surface area contributed by atoms with Crippen molar-refractivity contribution >= 4 is 11.9 Å². The van der Waals surface area contributed by atoms with Crippen molar-refractivity contribution in [3.05, 3.63) is 30.1 Å². The highest BCUT2D eigenvalue weighted by Crippen LogP contribution is 2.34. The molecule has 5 heteroatoms.